The molecule has 0 saturated carbocycles. The second kappa shape index (κ2) is 9.87. The van der Waals surface area contributed by atoms with Gasteiger partial charge < -0.3 is 15.0 Å². The summed E-state index contributed by atoms with van der Waals surface area (Å²) in [5, 5.41) is 13.8. The van der Waals surface area contributed by atoms with Crippen LogP contribution in [0.4, 0.5) is 10.5 Å². The number of non-ortho nitro benzene ring substituents is 1. The lowest BCUT2D eigenvalue weighted by atomic mass is 9.92. The summed E-state index contributed by atoms with van der Waals surface area (Å²) >= 11 is 0. The van der Waals surface area contributed by atoms with Gasteiger partial charge in [-0.15, -0.1) is 0 Å². The summed E-state index contributed by atoms with van der Waals surface area (Å²) in [5.41, 5.74) is 1.82. The molecule has 0 spiro atoms. The van der Waals surface area contributed by atoms with Crippen LogP contribution in [-0.4, -0.2) is 40.5 Å². The maximum atomic E-state index is 12.8. The molecule has 0 unspecified atom stereocenters. The van der Waals surface area contributed by atoms with Gasteiger partial charge in [0, 0.05) is 37.7 Å². The molecule has 0 aromatic heterocycles. The number of benzene rings is 2. The third kappa shape index (κ3) is 5.79. The van der Waals surface area contributed by atoms with Gasteiger partial charge in [-0.25, -0.2) is 4.79 Å². The minimum absolute atomic E-state index is 0.0243. The van der Waals surface area contributed by atoms with Gasteiger partial charge in [0.05, 0.1) is 4.92 Å². The van der Waals surface area contributed by atoms with Crippen LogP contribution in [0.2, 0.25) is 0 Å². The molecule has 0 aliphatic carbocycles. The summed E-state index contributed by atoms with van der Waals surface area (Å²) in [6.07, 6.45) is 1.37. The average Bonchev–Trinajstić information content (AvgIpc) is 2.73. The summed E-state index contributed by atoms with van der Waals surface area (Å²) < 4.78 is 5.51. The second-order valence-electron chi connectivity index (χ2n) is 7.44. The van der Waals surface area contributed by atoms with Crippen molar-refractivity contribution in [3.8, 4) is 0 Å². The van der Waals surface area contributed by atoms with Crippen molar-refractivity contribution in [1.82, 2.24) is 10.2 Å². The van der Waals surface area contributed by atoms with Crippen molar-refractivity contribution in [3.05, 3.63) is 75.8 Å². The van der Waals surface area contributed by atoms with Crippen LogP contribution in [0.25, 0.3) is 0 Å². The first-order valence-corrected chi connectivity index (χ1v) is 9.90. The van der Waals surface area contributed by atoms with E-state index in [0.717, 1.165) is 11.1 Å². The molecule has 1 heterocycles. The van der Waals surface area contributed by atoms with Crippen molar-refractivity contribution in [3.63, 3.8) is 0 Å². The van der Waals surface area contributed by atoms with E-state index in [2.05, 4.69) is 5.32 Å². The lowest BCUT2D eigenvalue weighted by molar-refractivity contribution is -0.384. The number of amides is 2. The maximum absolute atomic E-state index is 12.8. The van der Waals surface area contributed by atoms with Gasteiger partial charge in [0.25, 0.3) is 5.69 Å². The predicted octanol–water partition coefficient (Wildman–Crippen LogP) is 3.44. The van der Waals surface area contributed by atoms with E-state index in [1.54, 1.807) is 17.0 Å². The highest BCUT2D eigenvalue weighted by Crippen LogP contribution is 2.24. The van der Waals surface area contributed by atoms with Crippen molar-refractivity contribution < 1.29 is 19.2 Å². The number of rotatable bonds is 6. The highest BCUT2D eigenvalue weighted by atomic mass is 16.6. The monoisotopic (exact) mass is 411 g/mol. The van der Waals surface area contributed by atoms with E-state index < -0.39 is 11.0 Å². The van der Waals surface area contributed by atoms with Crippen LogP contribution >= 0.6 is 0 Å². The number of nitrogens with one attached hydrogen (secondary N) is 1. The van der Waals surface area contributed by atoms with Gasteiger partial charge in [0.2, 0.25) is 5.91 Å². The average molecular weight is 411 g/mol. The van der Waals surface area contributed by atoms with Crippen molar-refractivity contribution in [2.24, 2.45) is 0 Å². The molecule has 1 fully saturated rings. The number of nitrogens with zero attached hydrogens (tertiary/aromatic N) is 2. The first-order chi connectivity index (χ1) is 14.4. The van der Waals surface area contributed by atoms with E-state index in [-0.39, 0.29) is 30.3 Å². The summed E-state index contributed by atoms with van der Waals surface area (Å²) in [4.78, 5) is 36.4. The lowest BCUT2D eigenvalue weighted by Gasteiger charge is -2.39. The molecule has 1 aliphatic heterocycles. The number of likely N-dealkylation sites (tertiary alicyclic amines) is 1. The molecule has 2 aromatic carbocycles. The molecule has 158 valence electrons. The van der Waals surface area contributed by atoms with Crippen LogP contribution in [0.3, 0.4) is 0 Å². The Morgan fingerprint density at radius 1 is 1.13 bits per heavy atom. The fourth-order valence-corrected chi connectivity index (χ4v) is 3.73. The Hall–Kier alpha value is -3.42. The Morgan fingerprint density at radius 2 is 1.83 bits per heavy atom. The molecule has 8 nitrogen and oxygen atoms in total. The normalized spacial score (nSPS) is 18.5. The fourth-order valence-electron chi connectivity index (χ4n) is 3.73. The minimum atomic E-state index is -0.440. The van der Waals surface area contributed by atoms with Crippen LogP contribution in [-0.2, 0) is 22.6 Å². The van der Waals surface area contributed by atoms with Gasteiger partial charge in [0.1, 0.15) is 6.61 Å². The highest BCUT2D eigenvalue weighted by molar-refractivity contribution is 5.73. The van der Waals surface area contributed by atoms with Crippen LogP contribution in [0, 0.1) is 10.1 Å². The Kier molecular flexibility index (Phi) is 7.00. The molecule has 2 atom stereocenters. The number of nitro groups is 1. The van der Waals surface area contributed by atoms with Crippen LogP contribution in [0.1, 0.15) is 30.9 Å². The molecule has 8 heteroatoms. The molecule has 3 rings (SSSR count). The van der Waals surface area contributed by atoms with Gasteiger partial charge in [-0.1, -0.05) is 42.5 Å². The van der Waals surface area contributed by atoms with Crippen LogP contribution in [0.15, 0.2) is 54.6 Å². The highest BCUT2D eigenvalue weighted by Gasteiger charge is 2.33. The van der Waals surface area contributed by atoms with Crippen molar-refractivity contribution in [1.29, 1.82) is 0 Å². The number of carbonyl (C=O) groups excluding carboxylic acids is 2. The van der Waals surface area contributed by atoms with Crippen LogP contribution < -0.4 is 5.32 Å². The summed E-state index contributed by atoms with van der Waals surface area (Å²) in [5.74, 6) is -0.103. The Labute approximate surface area is 175 Å². The van der Waals surface area contributed by atoms with Crippen LogP contribution in [0.5, 0.6) is 0 Å². The molecule has 1 N–H and O–H groups in total. The Balaban J connectivity index is 1.69. The smallest absolute Gasteiger partial charge is 0.410 e. The molecule has 1 saturated heterocycles. The number of ether oxygens (including phenoxy) is 1. The fraction of sp³-hybridized carbons (Fsp3) is 0.364. The standard InChI is InChI=1S/C22H25N3O5/c1-16(26)23-19-11-12-24(22(27)30-15-18-5-3-2-4-6-18)21(14-19)13-17-7-9-20(10-8-17)25(28)29/h2-10,19,21H,11-15H2,1H3,(H,23,26)/t19-,21+/m0/s1. The van der Waals surface area contributed by atoms with Crippen molar-refractivity contribution >= 4 is 17.7 Å². The summed E-state index contributed by atoms with van der Waals surface area (Å²) in [6, 6.07) is 15.6. The topological polar surface area (TPSA) is 102 Å². The molecule has 30 heavy (non-hydrogen) atoms. The first-order valence-electron chi connectivity index (χ1n) is 9.90. The third-order valence-electron chi connectivity index (χ3n) is 5.18. The van der Waals surface area contributed by atoms with E-state index in [9.17, 15) is 19.7 Å². The number of piperidine rings is 1. The van der Waals surface area contributed by atoms with Gasteiger partial charge in [-0.05, 0) is 30.4 Å². The number of nitro benzene ring substituents is 1. The van der Waals surface area contributed by atoms with E-state index in [1.807, 2.05) is 30.3 Å². The number of hydrogen-bond acceptors (Lipinski definition) is 5. The maximum Gasteiger partial charge on any atom is 0.410 e. The van der Waals surface area contributed by atoms with E-state index in [0.29, 0.717) is 25.8 Å². The largest absolute Gasteiger partial charge is 0.445 e. The lowest BCUT2D eigenvalue weighted by Crippen LogP contribution is -2.52. The van der Waals surface area contributed by atoms with E-state index in [4.69, 9.17) is 4.74 Å². The van der Waals surface area contributed by atoms with Crippen molar-refractivity contribution in [2.45, 2.75) is 44.9 Å². The predicted molar refractivity (Wildman–Crippen MR) is 111 cm³/mol. The summed E-state index contributed by atoms with van der Waals surface area (Å²) in [6.45, 7) is 2.14. The van der Waals surface area contributed by atoms with Crippen molar-refractivity contribution in [2.75, 3.05) is 6.54 Å². The Bertz CT molecular complexity index is 885. The Morgan fingerprint density at radius 3 is 2.47 bits per heavy atom. The third-order valence-corrected chi connectivity index (χ3v) is 5.18. The number of carbonyl (C=O) groups is 2. The zero-order valence-corrected chi connectivity index (χ0v) is 16.8. The SMILES string of the molecule is CC(=O)N[C@H]1CCN(C(=O)OCc2ccccc2)[C@H](Cc2ccc([N+](=O)[O-])cc2)C1. The van der Waals surface area contributed by atoms with E-state index in [1.165, 1.54) is 19.1 Å². The van der Waals surface area contributed by atoms with E-state index >= 15 is 0 Å². The minimum Gasteiger partial charge on any atom is -0.445 e. The molecule has 0 radical (unpaired) electrons. The van der Waals surface area contributed by atoms with Gasteiger partial charge in [0.15, 0.2) is 0 Å². The number of hydrogen-bond donors (Lipinski definition) is 1. The first kappa shape index (κ1) is 21.3. The molecule has 2 aromatic rings. The van der Waals surface area contributed by atoms with Gasteiger partial charge >= 0.3 is 6.09 Å². The second-order valence-corrected chi connectivity index (χ2v) is 7.44. The summed E-state index contributed by atoms with van der Waals surface area (Å²) in [7, 11) is 0. The quantitative estimate of drug-likeness (QED) is 0.579. The molecule has 0 bridgehead atoms. The molecular weight excluding hydrogens is 386 g/mol. The zero-order valence-electron chi connectivity index (χ0n) is 16.8. The molecule has 2 amide bonds. The zero-order chi connectivity index (χ0) is 21.5. The molecular formula is C22H25N3O5. The van der Waals surface area contributed by atoms with Gasteiger partial charge in [-0.3, -0.25) is 14.9 Å². The molecule has 1 aliphatic rings. The van der Waals surface area contributed by atoms with Gasteiger partial charge in [-0.2, -0.15) is 0 Å².